The van der Waals surface area contributed by atoms with Gasteiger partial charge in [-0.05, 0) is 12.1 Å². The lowest BCUT2D eigenvalue weighted by Crippen LogP contribution is -2.09. The van der Waals surface area contributed by atoms with E-state index in [1.54, 1.807) is 0 Å². The highest BCUT2D eigenvalue weighted by Crippen LogP contribution is 2.39. The molecule has 0 saturated heterocycles. The standard InChI is InChI=1S/C9H5Cl2F3O2/c1-16-8(15)4-2-3-5(9(12,13)14)7(11)6(4)10/h2-3H,1H3. The molecule has 0 spiro atoms. The minimum Gasteiger partial charge on any atom is -0.465 e. The van der Waals surface area contributed by atoms with Crippen LogP contribution in [0.5, 0.6) is 0 Å². The van der Waals surface area contributed by atoms with Crippen LogP contribution in [0.4, 0.5) is 13.2 Å². The van der Waals surface area contributed by atoms with Crippen molar-refractivity contribution >= 4 is 29.2 Å². The first-order valence-electron chi connectivity index (χ1n) is 3.92. The number of hydrogen-bond acceptors (Lipinski definition) is 2. The van der Waals surface area contributed by atoms with Gasteiger partial charge in [-0.15, -0.1) is 0 Å². The molecule has 16 heavy (non-hydrogen) atoms. The molecule has 0 aliphatic heterocycles. The Bertz CT molecular complexity index is 429. The molecule has 2 nitrogen and oxygen atoms in total. The number of ether oxygens (including phenoxy) is 1. The van der Waals surface area contributed by atoms with Gasteiger partial charge in [0.25, 0.3) is 0 Å². The molecule has 88 valence electrons. The summed E-state index contributed by atoms with van der Waals surface area (Å²) < 4.78 is 41.5. The predicted molar refractivity (Wildman–Crippen MR) is 52.8 cm³/mol. The van der Waals surface area contributed by atoms with Crippen LogP contribution in [0.15, 0.2) is 12.1 Å². The third-order valence-corrected chi connectivity index (χ3v) is 2.67. The van der Waals surface area contributed by atoms with Crippen molar-refractivity contribution in [2.75, 3.05) is 7.11 Å². The molecular formula is C9H5Cl2F3O2. The lowest BCUT2D eigenvalue weighted by Gasteiger charge is -2.11. The molecule has 0 bridgehead atoms. The average Bonchev–Trinajstić information content (AvgIpc) is 2.19. The Labute approximate surface area is 98.9 Å². The average molecular weight is 273 g/mol. The van der Waals surface area contributed by atoms with Crippen molar-refractivity contribution in [3.63, 3.8) is 0 Å². The Morgan fingerprint density at radius 3 is 2.25 bits per heavy atom. The van der Waals surface area contributed by atoms with Crippen molar-refractivity contribution in [3.8, 4) is 0 Å². The van der Waals surface area contributed by atoms with Gasteiger partial charge in [0.15, 0.2) is 0 Å². The van der Waals surface area contributed by atoms with Gasteiger partial charge in [-0.25, -0.2) is 4.79 Å². The minimum atomic E-state index is -4.62. The van der Waals surface area contributed by atoms with Crippen molar-refractivity contribution in [2.24, 2.45) is 0 Å². The van der Waals surface area contributed by atoms with Crippen molar-refractivity contribution in [3.05, 3.63) is 33.3 Å². The highest BCUT2D eigenvalue weighted by atomic mass is 35.5. The normalized spacial score (nSPS) is 11.4. The number of esters is 1. The maximum Gasteiger partial charge on any atom is 0.417 e. The molecule has 0 amide bonds. The van der Waals surface area contributed by atoms with E-state index in [1.165, 1.54) is 0 Å². The predicted octanol–water partition coefficient (Wildman–Crippen LogP) is 3.80. The summed E-state index contributed by atoms with van der Waals surface area (Å²) in [6.45, 7) is 0. The number of carbonyl (C=O) groups excluding carboxylic acids is 1. The Hall–Kier alpha value is -0.940. The largest absolute Gasteiger partial charge is 0.465 e. The second kappa shape index (κ2) is 4.51. The first-order chi connectivity index (χ1) is 7.29. The fraction of sp³-hybridized carbons (Fsp3) is 0.222. The number of halogens is 5. The third kappa shape index (κ3) is 2.41. The van der Waals surface area contributed by atoms with E-state index in [0.29, 0.717) is 6.07 Å². The second-order valence-electron chi connectivity index (χ2n) is 2.78. The molecule has 0 radical (unpaired) electrons. The summed E-state index contributed by atoms with van der Waals surface area (Å²) in [6.07, 6.45) is -4.62. The highest BCUT2D eigenvalue weighted by molar-refractivity contribution is 6.44. The molecule has 0 saturated carbocycles. The summed E-state index contributed by atoms with van der Waals surface area (Å²) in [5.41, 5.74) is -1.30. The molecule has 1 aromatic carbocycles. The molecule has 1 rings (SSSR count). The number of rotatable bonds is 1. The van der Waals surface area contributed by atoms with Gasteiger partial charge in [0.2, 0.25) is 0 Å². The zero-order valence-electron chi connectivity index (χ0n) is 7.86. The van der Waals surface area contributed by atoms with E-state index < -0.39 is 27.8 Å². The number of hydrogen-bond donors (Lipinski definition) is 0. The summed E-state index contributed by atoms with van der Waals surface area (Å²) in [6, 6.07) is 1.60. The summed E-state index contributed by atoms with van der Waals surface area (Å²) in [5.74, 6) is -0.847. The Balaban J connectivity index is 3.35. The number of methoxy groups -OCH3 is 1. The molecule has 0 aliphatic rings. The van der Waals surface area contributed by atoms with Crippen LogP contribution in [0.3, 0.4) is 0 Å². The zero-order chi connectivity index (χ0) is 12.5. The zero-order valence-corrected chi connectivity index (χ0v) is 9.37. The summed E-state index contributed by atoms with van der Waals surface area (Å²) in [7, 11) is 1.09. The van der Waals surface area contributed by atoms with Crippen molar-refractivity contribution in [1.82, 2.24) is 0 Å². The highest BCUT2D eigenvalue weighted by Gasteiger charge is 2.35. The second-order valence-corrected chi connectivity index (χ2v) is 3.53. The topological polar surface area (TPSA) is 26.3 Å². The maximum atomic E-state index is 12.4. The molecule has 0 atom stereocenters. The molecule has 1 aromatic rings. The smallest absolute Gasteiger partial charge is 0.417 e. The molecule has 7 heteroatoms. The number of benzene rings is 1. The van der Waals surface area contributed by atoms with E-state index >= 15 is 0 Å². The van der Waals surface area contributed by atoms with Crippen LogP contribution in [-0.2, 0) is 10.9 Å². The van der Waals surface area contributed by atoms with Crippen LogP contribution in [0, 0.1) is 0 Å². The van der Waals surface area contributed by atoms with Gasteiger partial charge in [-0.3, -0.25) is 0 Å². The van der Waals surface area contributed by atoms with E-state index in [-0.39, 0.29) is 5.56 Å². The maximum absolute atomic E-state index is 12.4. The van der Waals surface area contributed by atoms with Gasteiger partial charge in [0.05, 0.1) is 28.3 Å². The van der Waals surface area contributed by atoms with E-state index in [2.05, 4.69) is 4.74 Å². The van der Waals surface area contributed by atoms with E-state index in [0.717, 1.165) is 13.2 Å². The molecule has 0 fully saturated rings. The van der Waals surface area contributed by atoms with Crippen LogP contribution < -0.4 is 0 Å². The van der Waals surface area contributed by atoms with Gasteiger partial charge in [-0.1, -0.05) is 23.2 Å². The lowest BCUT2D eigenvalue weighted by atomic mass is 10.1. The first kappa shape index (κ1) is 13.1. The molecular weight excluding hydrogens is 268 g/mol. The molecule has 0 aliphatic carbocycles. The quantitative estimate of drug-likeness (QED) is 0.727. The van der Waals surface area contributed by atoms with Crippen LogP contribution in [-0.4, -0.2) is 13.1 Å². The first-order valence-corrected chi connectivity index (χ1v) is 4.68. The number of alkyl halides is 3. The van der Waals surface area contributed by atoms with Crippen LogP contribution >= 0.6 is 23.2 Å². The number of carbonyl (C=O) groups is 1. The van der Waals surface area contributed by atoms with Gasteiger partial charge >= 0.3 is 12.1 Å². The fourth-order valence-electron chi connectivity index (χ4n) is 1.04. The Morgan fingerprint density at radius 1 is 1.25 bits per heavy atom. The molecule has 0 N–H and O–H groups in total. The lowest BCUT2D eigenvalue weighted by molar-refractivity contribution is -0.137. The van der Waals surface area contributed by atoms with Gasteiger partial charge in [0, 0.05) is 0 Å². The fourth-order valence-corrected chi connectivity index (χ4v) is 1.55. The molecule has 0 aromatic heterocycles. The van der Waals surface area contributed by atoms with E-state index in [4.69, 9.17) is 23.2 Å². The van der Waals surface area contributed by atoms with Crippen LogP contribution in [0.2, 0.25) is 10.0 Å². The van der Waals surface area contributed by atoms with Gasteiger partial charge in [-0.2, -0.15) is 13.2 Å². The van der Waals surface area contributed by atoms with Crippen LogP contribution in [0.25, 0.3) is 0 Å². The summed E-state index contributed by atoms with van der Waals surface area (Å²) >= 11 is 11.0. The Kier molecular flexibility index (Phi) is 3.70. The molecule has 0 unspecified atom stereocenters. The van der Waals surface area contributed by atoms with Crippen molar-refractivity contribution < 1.29 is 22.7 Å². The summed E-state index contributed by atoms with van der Waals surface area (Å²) in [4.78, 5) is 11.1. The van der Waals surface area contributed by atoms with Crippen molar-refractivity contribution in [2.45, 2.75) is 6.18 Å². The molecule has 0 heterocycles. The van der Waals surface area contributed by atoms with Gasteiger partial charge in [0.1, 0.15) is 0 Å². The summed E-state index contributed by atoms with van der Waals surface area (Å²) in [5, 5.41) is -1.18. The van der Waals surface area contributed by atoms with E-state index in [1.807, 2.05) is 0 Å². The third-order valence-electron chi connectivity index (χ3n) is 1.79. The SMILES string of the molecule is COC(=O)c1ccc(C(F)(F)F)c(Cl)c1Cl. The monoisotopic (exact) mass is 272 g/mol. The minimum absolute atomic E-state index is 0.206. The van der Waals surface area contributed by atoms with Crippen molar-refractivity contribution in [1.29, 1.82) is 0 Å². The Morgan fingerprint density at radius 2 is 1.81 bits per heavy atom. The van der Waals surface area contributed by atoms with E-state index in [9.17, 15) is 18.0 Å². The van der Waals surface area contributed by atoms with Crippen LogP contribution in [0.1, 0.15) is 15.9 Å². The van der Waals surface area contributed by atoms with Gasteiger partial charge < -0.3 is 4.74 Å².